The van der Waals surface area contributed by atoms with Gasteiger partial charge >= 0.3 is 5.69 Å². The van der Waals surface area contributed by atoms with Gasteiger partial charge in [-0.1, -0.05) is 46.6 Å². The lowest BCUT2D eigenvalue weighted by molar-refractivity contribution is -0.121. The molecule has 0 atom stereocenters. The lowest BCUT2D eigenvalue weighted by Gasteiger charge is -2.07. The predicted octanol–water partition coefficient (Wildman–Crippen LogP) is 2.19. The van der Waals surface area contributed by atoms with Crippen LogP contribution >= 0.6 is 11.6 Å². The molecule has 0 spiro atoms. The maximum atomic E-state index is 12.6. The summed E-state index contributed by atoms with van der Waals surface area (Å²) in [6.45, 7) is 2.41. The zero-order valence-electron chi connectivity index (χ0n) is 18.5. The Morgan fingerprint density at radius 1 is 1.15 bits per heavy atom. The van der Waals surface area contributed by atoms with Gasteiger partial charge in [-0.3, -0.25) is 14.2 Å². The summed E-state index contributed by atoms with van der Waals surface area (Å²) in [7, 11) is 1.34. The molecule has 0 aliphatic heterocycles. The molecule has 174 valence electrons. The molecule has 0 bridgehead atoms. The molecular formula is C23H21ClN6O4. The highest BCUT2D eigenvalue weighted by molar-refractivity contribution is 6.30. The first-order valence-electron chi connectivity index (χ1n) is 10.4. The van der Waals surface area contributed by atoms with Crippen LogP contribution < -0.4 is 16.6 Å². The van der Waals surface area contributed by atoms with Gasteiger partial charge in [-0.15, -0.1) is 0 Å². The minimum Gasteiger partial charge on any atom is -0.352 e. The van der Waals surface area contributed by atoms with E-state index >= 15 is 0 Å². The first-order valence-corrected chi connectivity index (χ1v) is 10.8. The van der Waals surface area contributed by atoms with Crippen LogP contribution in [0.1, 0.15) is 23.4 Å². The van der Waals surface area contributed by atoms with Gasteiger partial charge in [0.15, 0.2) is 5.69 Å². The van der Waals surface area contributed by atoms with E-state index < -0.39 is 11.2 Å². The molecule has 34 heavy (non-hydrogen) atoms. The summed E-state index contributed by atoms with van der Waals surface area (Å²) in [5.41, 5.74) is 1.08. The Morgan fingerprint density at radius 2 is 1.91 bits per heavy atom. The zero-order valence-corrected chi connectivity index (χ0v) is 19.2. The number of carbonyl (C=O) groups excluding carboxylic acids is 1. The van der Waals surface area contributed by atoms with Crippen LogP contribution in [0.5, 0.6) is 0 Å². The van der Waals surface area contributed by atoms with Crippen molar-refractivity contribution >= 4 is 17.5 Å². The Hall–Kier alpha value is -4.05. The average molecular weight is 481 g/mol. The Morgan fingerprint density at radius 3 is 2.65 bits per heavy atom. The highest BCUT2D eigenvalue weighted by Crippen LogP contribution is 2.13. The van der Waals surface area contributed by atoms with Crippen molar-refractivity contribution in [3.63, 3.8) is 0 Å². The van der Waals surface area contributed by atoms with Gasteiger partial charge in [0.2, 0.25) is 17.6 Å². The number of aromatic nitrogens is 5. The molecule has 2 aromatic heterocycles. The van der Waals surface area contributed by atoms with Crippen molar-refractivity contribution in [2.75, 3.05) is 0 Å². The largest absolute Gasteiger partial charge is 0.352 e. The maximum Gasteiger partial charge on any atom is 0.351 e. The van der Waals surface area contributed by atoms with Gasteiger partial charge in [0.05, 0.1) is 5.69 Å². The molecule has 4 rings (SSSR count). The molecule has 2 heterocycles. The minimum atomic E-state index is -0.668. The summed E-state index contributed by atoms with van der Waals surface area (Å²) in [4.78, 5) is 41.6. The number of hydrogen-bond donors (Lipinski definition) is 1. The van der Waals surface area contributed by atoms with Gasteiger partial charge in [-0.05, 0) is 36.8 Å². The standard InChI is InChI=1S/C23H21ClN6O4/c1-14-4-3-5-15(12-14)13-25-18(31)10-11-19-26-21(28-34-19)20-22(32)29(2)23(33)30(27-20)17-8-6-16(24)7-9-17/h3-9,12H,10-11,13H2,1-2H3,(H,25,31). The topological polar surface area (TPSA) is 125 Å². The smallest absolute Gasteiger partial charge is 0.351 e. The molecule has 0 aliphatic carbocycles. The fourth-order valence-electron chi connectivity index (χ4n) is 3.25. The fraction of sp³-hybridized carbons (Fsp3) is 0.217. The minimum absolute atomic E-state index is 0.0708. The average Bonchev–Trinajstić information content (AvgIpc) is 3.30. The van der Waals surface area contributed by atoms with Crippen LogP contribution in [0.3, 0.4) is 0 Å². The quantitative estimate of drug-likeness (QED) is 0.429. The van der Waals surface area contributed by atoms with E-state index in [0.717, 1.165) is 20.4 Å². The number of halogens is 1. The molecule has 0 saturated heterocycles. The highest BCUT2D eigenvalue weighted by atomic mass is 35.5. The molecule has 0 radical (unpaired) electrons. The van der Waals surface area contributed by atoms with E-state index in [4.69, 9.17) is 16.1 Å². The first kappa shape index (κ1) is 23.1. The molecule has 1 N–H and O–H groups in total. The second-order valence-electron chi connectivity index (χ2n) is 7.66. The molecule has 0 aliphatic rings. The summed E-state index contributed by atoms with van der Waals surface area (Å²) in [6, 6.07) is 14.3. The normalized spacial score (nSPS) is 10.9. The summed E-state index contributed by atoms with van der Waals surface area (Å²) in [5, 5.41) is 11.3. The molecule has 2 aromatic carbocycles. The molecule has 1 amide bonds. The SMILES string of the molecule is Cc1cccc(CNC(=O)CCc2nc(-c3nn(-c4ccc(Cl)cc4)c(=O)n(C)c3=O)no2)c1. The Balaban J connectivity index is 1.48. The summed E-state index contributed by atoms with van der Waals surface area (Å²) in [6.07, 6.45) is 0.312. The predicted molar refractivity (Wildman–Crippen MR) is 125 cm³/mol. The molecular weight excluding hydrogens is 460 g/mol. The van der Waals surface area contributed by atoms with Crippen molar-refractivity contribution < 1.29 is 9.32 Å². The van der Waals surface area contributed by atoms with Gasteiger partial charge < -0.3 is 9.84 Å². The van der Waals surface area contributed by atoms with Crippen molar-refractivity contribution in [2.24, 2.45) is 7.05 Å². The van der Waals surface area contributed by atoms with Crippen LogP contribution in [0.15, 0.2) is 62.6 Å². The lowest BCUT2D eigenvalue weighted by atomic mass is 10.1. The first-order chi connectivity index (χ1) is 16.3. The van der Waals surface area contributed by atoms with Crippen LogP contribution in [0.25, 0.3) is 17.2 Å². The van der Waals surface area contributed by atoms with Gasteiger partial charge in [-0.25, -0.2) is 4.79 Å². The molecule has 11 heteroatoms. The van der Waals surface area contributed by atoms with Gasteiger partial charge in [0, 0.05) is 31.5 Å². The van der Waals surface area contributed by atoms with Crippen molar-refractivity contribution in [1.29, 1.82) is 0 Å². The second-order valence-corrected chi connectivity index (χ2v) is 8.10. The number of nitrogens with zero attached hydrogens (tertiary/aromatic N) is 5. The second kappa shape index (κ2) is 9.84. The van der Waals surface area contributed by atoms with Crippen molar-refractivity contribution in [3.05, 3.63) is 91.4 Å². The van der Waals surface area contributed by atoms with Crippen molar-refractivity contribution in [2.45, 2.75) is 26.3 Å². The van der Waals surface area contributed by atoms with E-state index in [9.17, 15) is 14.4 Å². The number of amides is 1. The van der Waals surface area contributed by atoms with Crippen LogP contribution in [0, 0.1) is 6.92 Å². The number of nitrogens with one attached hydrogen (secondary N) is 1. The third-order valence-corrected chi connectivity index (χ3v) is 5.32. The summed E-state index contributed by atoms with van der Waals surface area (Å²) >= 11 is 5.91. The van der Waals surface area contributed by atoms with E-state index in [1.54, 1.807) is 24.3 Å². The van der Waals surface area contributed by atoms with Crippen LogP contribution in [0.2, 0.25) is 5.02 Å². The Labute approximate surface area is 198 Å². The molecule has 4 aromatic rings. The van der Waals surface area contributed by atoms with Gasteiger partial charge in [0.25, 0.3) is 5.56 Å². The highest BCUT2D eigenvalue weighted by Gasteiger charge is 2.19. The Kier molecular flexibility index (Phi) is 6.69. The summed E-state index contributed by atoms with van der Waals surface area (Å²) < 4.78 is 7.17. The third kappa shape index (κ3) is 5.12. The van der Waals surface area contributed by atoms with E-state index in [-0.39, 0.29) is 36.2 Å². The van der Waals surface area contributed by atoms with Crippen LogP contribution in [-0.2, 0) is 24.8 Å². The summed E-state index contributed by atoms with van der Waals surface area (Å²) in [5.74, 6) is -0.0705. The zero-order chi connectivity index (χ0) is 24.2. The van der Waals surface area contributed by atoms with Gasteiger partial charge in [0.1, 0.15) is 0 Å². The van der Waals surface area contributed by atoms with Crippen LogP contribution in [0.4, 0.5) is 0 Å². The Bertz CT molecular complexity index is 1460. The van der Waals surface area contributed by atoms with E-state index in [1.165, 1.54) is 7.05 Å². The van der Waals surface area contributed by atoms with E-state index in [0.29, 0.717) is 17.3 Å². The maximum absolute atomic E-state index is 12.6. The monoisotopic (exact) mass is 480 g/mol. The number of carbonyl (C=O) groups is 1. The molecule has 0 unspecified atom stereocenters. The van der Waals surface area contributed by atoms with Gasteiger partial charge in [-0.2, -0.15) is 14.8 Å². The molecule has 0 saturated carbocycles. The van der Waals surface area contributed by atoms with Crippen molar-refractivity contribution in [3.8, 4) is 17.2 Å². The number of hydrogen-bond acceptors (Lipinski definition) is 7. The number of benzene rings is 2. The fourth-order valence-corrected chi connectivity index (χ4v) is 3.37. The number of aryl methyl sites for hydroxylation is 2. The number of rotatable bonds is 7. The third-order valence-electron chi connectivity index (χ3n) is 5.06. The molecule has 10 nitrogen and oxygen atoms in total. The van der Waals surface area contributed by atoms with Crippen molar-refractivity contribution in [1.82, 2.24) is 29.8 Å². The molecule has 0 fully saturated rings. The van der Waals surface area contributed by atoms with E-state index in [2.05, 4.69) is 20.6 Å². The van der Waals surface area contributed by atoms with Crippen LogP contribution in [-0.4, -0.2) is 30.4 Å². The lowest BCUT2D eigenvalue weighted by Crippen LogP contribution is -2.40. The van der Waals surface area contributed by atoms with E-state index in [1.807, 2.05) is 31.2 Å².